The molecule has 2 amide bonds. The van der Waals surface area contributed by atoms with Crippen molar-refractivity contribution in [2.45, 2.75) is 24.9 Å². The molecule has 1 aliphatic carbocycles. The van der Waals surface area contributed by atoms with Gasteiger partial charge in [0, 0.05) is 32.2 Å². The maximum Gasteiger partial charge on any atom is 0.328 e. The number of urea groups is 1. The molecular weight excluding hydrogens is 238 g/mol. The van der Waals surface area contributed by atoms with Crippen LogP contribution in [0, 0.1) is 0 Å². The van der Waals surface area contributed by atoms with E-state index in [4.69, 9.17) is 10.2 Å². The number of aliphatic hydroxyl groups is 1. The largest absolute Gasteiger partial charge is 0.480 e. The predicted molar refractivity (Wildman–Crippen MR) is 63.2 cm³/mol. The molecule has 18 heavy (non-hydrogen) atoms. The van der Waals surface area contributed by atoms with E-state index in [1.165, 1.54) is 12.8 Å². The standard InChI is InChI=1S/C11H19N3O4/c15-7-9(10(16)17)12-11(18)14-5-3-13(4-6-14)8-1-2-8/h8-9,15H,1-7H2,(H,12,18)(H,16,17)/t9-/m1/s1. The van der Waals surface area contributed by atoms with Crippen molar-refractivity contribution in [3.63, 3.8) is 0 Å². The van der Waals surface area contributed by atoms with Crippen molar-refractivity contribution in [1.82, 2.24) is 15.1 Å². The Kier molecular flexibility index (Phi) is 4.03. The Bertz CT molecular complexity index is 324. The van der Waals surface area contributed by atoms with Crippen LogP contribution in [0.4, 0.5) is 4.79 Å². The average Bonchev–Trinajstić information content (AvgIpc) is 3.19. The molecule has 102 valence electrons. The number of aliphatic hydroxyl groups excluding tert-OH is 1. The molecule has 0 aromatic rings. The summed E-state index contributed by atoms with van der Waals surface area (Å²) in [5.41, 5.74) is 0. The first-order chi connectivity index (χ1) is 8.61. The van der Waals surface area contributed by atoms with Gasteiger partial charge >= 0.3 is 12.0 Å². The van der Waals surface area contributed by atoms with Gasteiger partial charge < -0.3 is 20.4 Å². The third-order valence-electron chi connectivity index (χ3n) is 3.44. The number of carbonyl (C=O) groups excluding carboxylic acids is 1. The van der Waals surface area contributed by atoms with Gasteiger partial charge in [-0.15, -0.1) is 0 Å². The van der Waals surface area contributed by atoms with E-state index >= 15 is 0 Å². The van der Waals surface area contributed by atoms with Crippen LogP contribution in [0.5, 0.6) is 0 Å². The van der Waals surface area contributed by atoms with Crippen LogP contribution in [0.25, 0.3) is 0 Å². The number of hydrogen-bond donors (Lipinski definition) is 3. The summed E-state index contributed by atoms with van der Waals surface area (Å²) in [7, 11) is 0. The predicted octanol–water partition coefficient (Wildman–Crippen LogP) is -1.08. The molecule has 2 fully saturated rings. The molecule has 0 unspecified atom stereocenters. The van der Waals surface area contributed by atoms with E-state index in [0.717, 1.165) is 13.1 Å². The monoisotopic (exact) mass is 257 g/mol. The van der Waals surface area contributed by atoms with Gasteiger partial charge in [0.15, 0.2) is 6.04 Å². The molecule has 1 saturated heterocycles. The zero-order chi connectivity index (χ0) is 13.1. The summed E-state index contributed by atoms with van der Waals surface area (Å²) in [6.07, 6.45) is 2.50. The van der Waals surface area contributed by atoms with Crippen LogP contribution in [0.2, 0.25) is 0 Å². The number of nitrogens with zero attached hydrogens (tertiary/aromatic N) is 2. The molecular formula is C11H19N3O4. The normalized spacial score (nSPS) is 22.6. The van der Waals surface area contributed by atoms with E-state index in [1.807, 2.05) is 0 Å². The summed E-state index contributed by atoms with van der Waals surface area (Å²) < 4.78 is 0. The summed E-state index contributed by atoms with van der Waals surface area (Å²) >= 11 is 0. The zero-order valence-electron chi connectivity index (χ0n) is 10.2. The van der Waals surface area contributed by atoms with Crippen molar-refractivity contribution in [1.29, 1.82) is 0 Å². The molecule has 7 nitrogen and oxygen atoms in total. The highest BCUT2D eigenvalue weighted by atomic mass is 16.4. The molecule has 0 radical (unpaired) electrons. The second-order valence-corrected chi connectivity index (χ2v) is 4.78. The van der Waals surface area contributed by atoms with Crippen molar-refractivity contribution in [3.8, 4) is 0 Å². The maximum absolute atomic E-state index is 11.8. The average molecular weight is 257 g/mol. The van der Waals surface area contributed by atoms with E-state index < -0.39 is 24.6 Å². The summed E-state index contributed by atoms with van der Waals surface area (Å²) in [5.74, 6) is -1.22. The van der Waals surface area contributed by atoms with Crippen LogP contribution in [0.1, 0.15) is 12.8 Å². The van der Waals surface area contributed by atoms with E-state index in [2.05, 4.69) is 10.2 Å². The number of aliphatic carboxylic acids is 1. The van der Waals surface area contributed by atoms with Crippen LogP contribution in [-0.2, 0) is 4.79 Å². The zero-order valence-corrected chi connectivity index (χ0v) is 10.2. The SMILES string of the molecule is O=C(O)[C@@H](CO)NC(=O)N1CCN(C2CC2)CC1. The topological polar surface area (TPSA) is 93.1 Å². The van der Waals surface area contributed by atoms with E-state index in [1.54, 1.807) is 4.90 Å². The van der Waals surface area contributed by atoms with Gasteiger partial charge in [0.2, 0.25) is 0 Å². The lowest BCUT2D eigenvalue weighted by molar-refractivity contribution is -0.140. The number of piperazine rings is 1. The number of amides is 2. The number of carbonyl (C=O) groups is 2. The Morgan fingerprint density at radius 2 is 1.83 bits per heavy atom. The van der Waals surface area contributed by atoms with Crippen molar-refractivity contribution < 1.29 is 19.8 Å². The number of hydrogen-bond acceptors (Lipinski definition) is 4. The van der Waals surface area contributed by atoms with Gasteiger partial charge in [-0.25, -0.2) is 9.59 Å². The van der Waals surface area contributed by atoms with E-state index in [9.17, 15) is 9.59 Å². The Balaban J connectivity index is 1.77. The smallest absolute Gasteiger partial charge is 0.328 e. The van der Waals surface area contributed by atoms with Crippen LogP contribution < -0.4 is 5.32 Å². The van der Waals surface area contributed by atoms with Crippen molar-refractivity contribution in [2.75, 3.05) is 32.8 Å². The van der Waals surface area contributed by atoms with Gasteiger partial charge in [0.25, 0.3) is 0 Å². The van der Waals surface area contributed by atoms with E-state index in [0.29, 0.717) is 19.1 Å². The van der Waals surface area contributed by atoms with Gasteiger partial charge in [0.1, 0.15) is 0 Å². The van der Waals surface area contributed by atoms with Crippen LogP contribution >= 0.6 is 0 Å². The number of rotatable bonds is 4. The molecule has 0 bridgehead atoms. The molecule has 1 aliphatic heterocycles. The molecule has 0 aromatic heterocycles. The molecule has 0 spiro atoms. The van der Waals surface area contributed by atoms with Gasteiger partial charge in [-0.1, -0.05) is 0 Å². The summed E-state index contributed by atoms with van der Waals surface area (Å²) in [6.45, 7) is 2.31. The second-order valence-electron chi connectivity index (χ2n) is 4.78. The second kappa shape index (κ2) is 5.53. The molecule has 2 rings (SSSR count). The molecule has 1 heterocycles. The molecule has 2 aliphatic rings. The highest BCUT2D eigenvalue weighted by Gasteiger charge is 2.32. The Morgan fingerprint density at radius 3 is 2.28 bits per heavy atom. The third-order valence-corrected chi connectivity index (χ3v) is 3.44. The maximum atomic E-state index is 11.8. The van der Waals surface area contributed by atoms with Crippen molar-refractivity contribution in [2.24, 2.45) is 0 Å². The highest BCUT2D eigenvalue weighted by molar-refractivity contribution is 5.82. The van der Waals surface area contributed by atoms with Gasteiger partial charge in [-0.2, -0.15) is 0 Å². The van der Waals surface area contributed by atoms with Crippen molar-refractivity contribution >= 4 is 12.0 Å². The van der Waals surface area contributed by atoms with Crippen LogP contribution in [0.15, 0.2) is 0 Å². The quantitative estimate of drug-likeness (QED) is 0.596. The highest BCUT2D eigenvalue weighted by Crippen LogP contribution is 2.27. The molecule has 1 saturated carbocycles. The Labute approximate surface area is 105 Å². The summed E-state index contributed by atoms with van der Waals surface area (Å²) in [5, 5.41) is 19.9. The fraction of sp³-hybridized carbons (Fsp3) is 0.818. The minimum atomic E-state index is -1.22. The van der Waals surface area contributed by atoms with Gasteiger partial charge in [-0.3, -0.25) is 4.90 Å². The molecule has 3 N–H and O–H groups in total. The van der Waals surface area contributed by atoms with Crippen molar-refractivity contribution in [3.05, 3.63) is 0 Å². The number of carboxylic acids is 1. The fourth-order valence-electron chi connectivity index (χ4n) is 2.16. The van der Waals surface area contributed by atoms with Gasteiger partial charge in [-0.05, 0) is 12.8 Å². The summed E-state index contributed by atoms with van der Waals surface area (Å²) in [6, 6.07) is -0.940. The minimum absolute atomic E-state index is 0.410. The Morgan fingerprint density at radius 1 is 1.22 bits per heavy atom. The lowest BCUT2D eigenvalue weighted by atomic mass is 10.3. The fourth-order valence-corrected chi connectivity index (χ4v) is 2.16. The molecule has 0 aromatic carbocycles. The molecule has 1 atom stereocenters. The van der Waals surface area contributed by atoms with Crippen LogP contribution in [0.3, 0.4) is 0 Å². The third kappa shape index (κ3) is 3.11. The first-order valence-electron chi connectivity index (χ1n) is 6.25. The lowest BCUT2D eigenvalue weighted by Gasteiger charge is -2.35. The summed E-state index contributed by atoms with van der Waals surface area (Å²) in [4.78, 5) is 26.5. The lowest BCUT2D eigenvalue weighted by Crippen LogP contribution is -2.55. The minimum Gasteiger partial charge on any atom is -0.480 e. The van der Waals surface area contributed by atoms with E-state index in [-0.39, 0.29) is 0 Å². The number of carboxylic acid groups (broad SMARTS) is 1. The van der Waals surface area contributed by atoms with Gasteiger partial charge in [0.05, 0.1) is 6.61 Å². The van der Waals surface area contributed by atoms with Crippen LogP contribution in [-0.4, -0.2) is 76.9 Å². The first kappa shape index (κ1) is 13.1. The number of nitrogens with one attached hydrogen (secondary N) is 1. The molecule has 7 heteroatoms. The Hall–Kier alpha value is -1.34. The first-order valence-corrected chi connectivity index (χ1v) is 6.25.